The maximum atomic E-state index is 12.0. The second-order valence-electron chi connectivity index (χ2n) is 9.82. The molecule has 7 atom stereocenters. The van der Waals surface area contributed by atoms with Crippen LogP contribution in [0.15, 0.2) is 24.3 Å². The molecule has 1 heterocycles. The van der Waals surface area contributed by atoms with Gasteiger partial charge in [-0.3, -0.25) is 4.79 Å². The van der Waals surface area contributed by atoms with Gasteiger partial charge < -0.3 is 4.74 Å². The van der Waals surface area contributed by atoms with Gasteiger partial charge in [-0.25, -0.2) is 0 Å². The third kappa shape index (κ3) is 2.11. The molecule has 1 saturated heterocycles. The first-order valence-corrected chi connectivity index (χ1v) is 11.1. The van der Waals surface area contributed by atoms with Crippen LogP contribution >= 0.6 is 0 Å². The van der Waals surface area contributed by atoms with Crippen LogP contribution in [0.3, 0.4) is 0 Å². The zero-order valence-corrected chi connectivity index (χ0v) is 16.3. The number of ether oxygens (including phenoxy) is 1. The monoisotopic (exact) mass is 354 g/mol. The molecule has 0 N–H and O–H groups in total. The lowest BCUT2D eigenvalue weighted by Gasteiger charge is -2.59. The molecule has 5 rings (SSSR count). The number of rotatable bonds is 2. The quantitative estimate of drug-likeness (QED) is 0.614. The van der Waals surface area contributed by atoms with Crippen molar-refractivity contribution in [2.24, 2.45) is 35.0 Å². The molecule has 4 fully saturated rings. The number of hydrogen-bond acceptors (Lipinski definition) is 2. The van der Waals surface area contributed by atoms with E-state index in [1.54, 1.807) is 0 Å². The molecule has 0 aromatic heterocycles. The molecular weight excluding hydrogens is 320 g/mol. The number of carbonyl (C=O) groups is 1. The molecule has 0 radical (unpaired) electrons. The maximum absolute atomic E-state index is 12.0. The second kappa shape index (κ2) is 6.06. The Morgan fingerprint density at radius 1 is 1.27 bits per heavy atom. The first-order valence-electron chi connectivity index (χ1n) is 11.1. The Bertz CT molecular complexity index is 641. The lowest BCUT2D eigenvalue weighted by atomic mass is 9.47. The minimum Gasteiger partial charge on any atom is -0.374 e. The molecule has 5 aliphatic rings. The van der Waals surface area contributed by atoms with Crippen LogP contribution in [0.4, 0.5) is 0 Å². The fraction of sp³-hybridized carbons (Fsp3) is 0.792. The first kappa shape index (κ1) is 17.2. The summed E-state index contributed by atoms with van der Waals surface area (Å²) in [6.45, 7) is 7.65. The average molecular weight is 355 g/mol. The van der Waals surface area contributed by atoms with Gasteiger partial charge in [0.25, 0.3) is 0 Å². The van der Waals surface area contributed by atoms with Crippen molar-refractivity contribution in [2.75, 3.05) is 6.61 Å². The van der Waals surface area contributed by atoms with Gasteiger partial charge in [-0.05, 0) is 93.5 Å². The minimum absolute atomic E-state index is 0.182. The van der Waals surface area contributed by atoms with Crippen LogP contribution in [0.2, 0.25) is 0 Å². The average Bonchev–Trinajstić information content (AvgIpc) is 3.27. The van der Waals surface area contributed by atoms with E-state index in [4.69, 9.17) is 4.74 Å². The molecule has 2 heteroatoms. The van der Waals surface area contributed by atoms with Crippen molar-refractivity contribution in [3.63, 3.8) is 0 Å². The van der Waals surface area contributed by atoms with Crippen molar-refractivity contribution in [3.8, 4) is 0 Å². The van der Waals surface area contributed by atoms with Crippen LogP contribution in [0.1, 0.15) is 71.1 Å². The van der Waals surface area contributed by atoms with Gasteiger partial charge >= 0.3 is 0 Å². The molecule has 0 aromatic carbocycles. The van der Waals surface area contributed by atoms with Gasteiger partial charge in [0.05, 0.1) is 5.60 Å². The number of fused-ring (bicyclic) bond motifs is 6. The van der Waals surface area contributed by atoms with E-state index in [0.717, 1.165) is 43.6 Å². The lowest BCUT2D eigenvalue weighted by Crippen LogP contribution is -2.55. The Morgan fingerprint density at radius 2 is 2.15 bits per heavy atom. The van der Waals surface area contributed by atoms with Crippen LogP contribution in [0.25, 0.3) is 0 Å². The molecule has 26 heavy (non-hydrogen) atoms. The van der Waals surface area contributed by atoms with Gasteiger partial charge in [0.1, 0.15) is 0 Å². The highest BCUT2D eigenvalue weighted by molar-refractivity contribution is 5.91. The SMILES string of the molecule is C=CC1CC2=CC(=O)CC[C@@H]2C2CC[C@@]3(CC)C(CC[C@@]34CCCO4)C12. The largest absolute Gasteiger partial charge is 0.374 e. The first-order chi connectivity index (χ1) is 12.6. The smallest absolute Gasteiger partial charge is 0.155 e. The molecule has 1 spiro atoms. The summed E-state index contributed by atoms with van der Waals surface area (Å²) in [6.07, 6.45) is 16.3. The van der Waals surface area contributed by atoms with Crippen LogP contribution in [0, 0.1) is 35.0 Å². The van der Waals surface area contributed by atoms with Crippen molar-refractivity contribution < 1.29 is 9.53 Å². The van der Waals surface area contributed by atoms with E-state index < -0.39 is 0 Å². The second-order valence-corrected chi connectivity index (χ2v) is 9.82. The third-order valence-electron chi connectivity index (χ3n) is 9.40. The van der Waals surface area contributed by atoms with E-state index in [1.165, 1.54) is 50.5 Å². The lowest BCUT2D eigenvalue weighted by molar-refractivity contribution is -0.144. The van der Waals surface area contributed by atoms with Gasteiger partial charge in [-0.15, -0.1) is 6.58 Å². The molecule has 4 unspecified atom stereocenters. The minimum atomic E-state index is 0.182. The predicted octanol–water partition coefficient (Wildman–Crippen LogP) is 5.48. The number of ketones is 1. The standard InChI is InChI=1S/C24H34O2/c1-3-16-14-17-15-18(25)6-7-19(17)20-8-11-23(4-2)21(22(16)20)9-12-24(23)10-5-13-26-24/h3,15-16,19-22H,1,4-14H2,2H3/t16?,19-,20?,21?,22?,23-,24-/m0/s1. The van der Waals surface area contributed by atoms with Gasteiger partial charge in [0.2, 0.25) is 0 Å². The summed E-state index contributed by atoms with van der Waals surface area (Å²) in [4.78, 5) is 12.0. The normalized spacial score (nSPS) is 50.1. The molecule has 0 amide bonds. The molecule has 2 nitrogen and oxygen atoms in total. The molecular formula is C24H34O2. The van der Waals surface area contributed by atoms with Gasteiger partial charge in [0, 0.05) is 18.4 Å². The summed E-state index contributed by atoms with van der Waals surface area (Å²) < 4.78 is 6.55. The summed E-state index contributed by atoms with van der Waals surface area (Å²) in [5.41, 5.74) is 2.04. The summed E-state index contributed by atoms with van der Waals surface area (Å²) in [7, 11) is 0. The fourth-order valence-corrected chi connectivity index (χ4v) is 8.49. The molecule has 4 aliphatic carbocycles. The van der Waals surface area contributed by atoms with E-state index in [-0.39, 0.29) is 5.60 Å². The number of allylic oxidation sites excluding steroid dienone is 2. The molecule has 1 aliphatic heterocycles. The van der Waals surface area contributed by atoms with E-state index in [0.29, 0.717) is 23.0 Å². The molecule has 3 saturated carbocycles. The zero-order chi connectivity index (χ0) is 17.9. The van der Waals surface area contributed by atoms with E-state index in [1.807, 2.05) is 6.08 Å². The molecule has 142 valence electrons. The highest BCUT2D eigenvalue weighted by Gasteiger charge is 2.66. The van der Waals surface area contributed by atoms with E-state index >= 15 is 0 Å². The maximum Gasteiger partial charge on any atom is 0.155 e. The van der Waals surface area contributed by atoms with Gasteiger partial charge in [-0.1, -0.05) is 18.6 Å². The highest BCUT2D eigenvalue weighted by atomic mass is 16.5. The van der Waals surface area contributed by atoms with Crippen LogP contribution in [-0.2, 0) is 9.53 Å². The van der Waals surface area contributed by atoms with Crippen LogP contribution < -0.4 is 0 Å². The van der Waals surface area contributed by atoms with Crippen molar-refractivity contribution in [1.29, 1.82) is 0 Å². The van der Waals surface area contributed by atoms with E-state index in [2.05, 4.69) is 19.6 Å². The Hall–Kier alpha value is -0.890. The summed E-state index contributed by atoms with van der Waals surface area (Å²) in [6, 6.07) is 0. The summed E-state index contributed by atoms with van der Waals surface area (Å²) in [5.74, 6) is 3.92. The van der Waals surface area contributed by atoms with Crippen molar-refractivity contribution in [2.45, 2.75) is 76.7 Å². The zero-order valence-electron chi connectivity index (χ0n) is 16.3. The topological polar surface area (TPSA) is 26.3 Å². The summed E-state index contributed by atoms with van der Waals surface area (Å²) >= 11 is 0. The Morgan fingerprint density at radius 3 is 2.88 bits per heavy atom. The fourth-order valence-electron chi connectivity index (χ4n) is 8.49. The summed E-state index contributed by atoms with van der Waals surface area (Å²) in [5, 5.41) is 0. The molecule has 0 aromatic rings. The van der Waals surface area contributed by atoms with Crippen molar-refractivity contribution in [3.05, 3.63) is 24.3 Å². The van der Waals surface area contributed by atoms with Crippen molar-refractivity contribution in [1.82, 2.24) is 0 Å². The van der Waals surface area contributed by atoms with E-state index in [9.17, 15) is 4.79 Å². The van der Waals surface area contributed by atoms with Gasteiger partial charge in [0.15, 0.2) is 5.78 Å². The predicted molar refractivity (Wildman–Crippen MR) is 104 cm³/mol. The Balaban J connectivity index is 1.54. The Kier molecular flexibility index (Phi) is 4.01. The van der Waals surface area contributed by atoms with Gasteiger partial charge in [-0.2, -0.15) is 0 Å². The van der Waals surface area contributed by atoms with Crippen molar-refractivity contribution >= 4 is 5.78 Å². The number of carbonyl (C=O) groups excluding carboxylic acids is 1. The molecule has 0 bridgehead atoms. The van der Waals surface area contributed by atoms with Crippen LogP contribution in [-0.4, -0.2) is 18.0 Å². The Labute approximate surface area is 158 Å². The highest BCUT2D eigenvalue weighted by Crippen LogP contribution is 2.69. The third-order valence-corrected chi connectivity index (χ3v) is 9.40. The van der Waals surface area contributed by atoms with Crippen LogP contribution in [0.5, 0.6) is 0 Å². The number of hydrogen-bond donors (Lipinski definition) is 0.